The number of phenols is 1. The van der Waals surface area contributed by atoms with E-state index in [0.717, 1.165) is 0 Å². The van der Waals surface area contributed by atoms with Crippen molar-refractivity contribution >= 4 is 11.7 Å². The van der Waals surface area contributed by atoms with Gasteiger partial charge in [0.2, 0.25) is 0 Å². The Morgan fingerprint density at radius 2 is 2.14 bits per heavy atom. The van der Waals surface area contributed by atoms with Crippen LogP contribution in [0.4, 0.5) is 5.69 Å². The van der Waals surface area contributed by atoms with Crippen LogP contribution in [0.15, 0.2) is 18.2 Å². The van der Waals surface area contributed by atoms with E-state index in [0.29, 0.717) is 5.56 Å². The SMILES string of the molecule is Nc1cccc(CC(N)C(=O)O)c1O. The fourth-order valence-corrected chi connectivity index (χ4v) is 1.10. The average Bonchev–Trinajstić information content (AvgIpc) is 2.12. The van der Waals surface area contributed by atoms with Crippen molar-refractivity contribution in [3.05, 3.63) is 23.8 Å². The minimum Gasteiger partial charge on any atom is -0.506 e. The van der Waals surface area contributed by atoms with E-state index < -0.39 is 12.0 Å². The number of aromatic hydroxyl groups is 1. The maximum atomic E-state index is 10.5. The van der Waals surface area contributed by atoms with Gasteiger partial charge in [-0.1, -0.05) is 12.1 Å². The number of para-hydroxylation sites is 1. The van der Waals surface area contributed by atoms with Crippen LogP contribution < -0.4 is 11.5 Å². The third-order valence-corrected chi connectivity index (χ3v) is 1.91. The first kappa shape index (κ1) is 10.3. The number of benzene rings is 1. The Hall–Kier alpha value is -1.75. The number of hydrogen-bond acceptors (Lipinski definition) is 4. The van der Waals surface area contributed by atoms with Crippen molar-refractivity contribution in [1.29, 1.82) is 0 Å². The summed E-state index contributed by atoms with van der Waals surface area (Å²) in [6.45, 7) is 0. The molecule has 0 aromatic heterocycles. The van der Waals surface area contributed by atoms with Crippen molar-refractivity contribution in [2.24, 2.45) is 5.73 Å². The van der Waals surface area contributed by atoms with E-state index in [2.05, 4.69) is 0 Å². The van der Waals surface area contributed by atoms with Crippen LogP contribution in [0.25, 0.3) is 0 Å². The number of nitrogens with two attached hydrogens (primary N) is 2. The van der Waals surface area contributed by atoms with Gasteiger partial charge in [0.05, 0.1) is 5.69 Å². The van der Waals surface area contributed by atoms with Crippen LogP contribution in [0, 0.1) is 0 Å². The van der Waals surface area contributed by atoms with Gasteiger partial charge in [0.15, 0.2) is 0 Å². The first-order valence-corrected chi connectivity index (χ1v) is 4.07. The first-order chi connectivity index (χ1) is 6.52. The van der Waals surface area contributed by atoms with Crippen LogP contribution in [-0.2, 0) is 11.2 Å². The number of anilines is 1. The second kappa shape index (κ2) is 3.97. The molecule has 0 aliphatic rings. The zero-order valence-corrected chi connectivity index (χ0v) is 7.47. The Bertz CT molecular complexity index is 352. The molecular weight excluding hydrogens is 184 g/mol. The maximum absolute atomic E-state index is 10.5. The second-order valence-electron chi connectivity index (χ2n) is 3.00. The lowest BCUT2D eigenvalue weighted by Gasteiger charge is -2.09. The lowest BCUT2D eigenvalue weighted by molar-refractivity contribution is -0.138. The summed E-state index contributed by atoms with van der Waals surface area (Å²) in [6.07, 6.45) is 0.0617. The molecule has 1 aromatic carbocycles. The zero-order chi connectivity index (χ0) is 10.7. The van der Waals surface area contributed by atoms with Crippen molar-refractivity contribution in [2.75, 3.05) is 5.73 Å². The van der Waals surface area contributed by atoms with E-state index in [9.17, 15) is 9.90 Å². The van der Waals surface area contributed by atoms with Crippen molar-refractivity contribution in [3.8, 4) is 5.75 Å². The molecule has 0 aliphatic heterocycles. The zero-order valence-electron chi connectivity index (χ0n) is 7.47. The lowest BCUT2D eigenvalue weighted by atomic mass is 10.0. The minimum atomic E-state index is -1.10. The van der Waals surface area contributed by atoms with E-state index in [-0.39, 0.29) is 17.9 Å². The molecule has 0 fully saturated rings. The molecule has 0 radical (unpaired) electrons. The third-order valence-electron chi connectivity index (χ3n) is 1.91. The van der Waals surface area contributed by atoms with Gasteiger partial charge in [0.1, 0.15) is 11.8 Å². The van der Waals surface area contributed by atoms with Crippen LogP contribution in [0.5, 0.6) is 5.75 Å². The van der Waals surface area contributed by atoms with E-state index >= 15 is 0 Å². The van der Waals surface area contributed by atoms with Crippen LogP contribution in [0.1, 0.15) is 5.56 Å². The molecule has 1 atom stereocenters. The highest BCUT2D eigenvalue weighted by Crippen LogP contribution is 2.25. The molecule has 1 unspecified atom stereocenters. The standard InChI is InChI=1S/C9H12N2O3/c10-6-3-1-2-5(8(6)12)4-7(11)9(13)14/h1-3,7,12H,4,10-11H2,(H,13,14). The highest BCUT2D eigenvalue weighted by molar-refractivity contribution is 5.74. The van der Waals surface area contributed by atoms with Crippen molar-refractivity contribution in [2.45, 2.75) is 12.5 Å². The number of carboxylic acids is 1. The number of rotatable bonds is 3. The van der Waals surface area contributed by atoms with Crippen LogP contribution in [-0.4, -0.2) is 22.2 Å². The Labute approximate surface area is 81.0 Å². The fraction of sp³-hybridized carbons (Fsp3) is 0.222. The quantitative estimate of drug-likeness (QED) is 0.399. The summed E-state index contributed by atoms with van der Waals surface area (Å²) in [5, 5.41) is 18.0. The molecule has 0 spiro atoms. The lowest BCUT2D eigenvalue weighted by Crippen LogP contribution is -2.32. The third kappa shape index (κ3) is 2.14. The van der Waals surface area contributed by atoms with Gasteiger partial charge in [0.25, 0.3) is 0 Å². The minimum absolute atomic E-state index is 0.0617. The van der Waals surface area contributed by atoms with Crippen LogP contribution in [0.3, 0.4) is 0 Å². The van der Waals surface area contributed by atoms with Gasteiger partial charge < -0.3 is 21.7 Å². The molecule has 0 heterocycles. The summed E-state index contributed by atoms with van der Waals surface area (Å²) in [7, 11) is 0. The molecule has 0 saturated carbocycles. The van der Waals surface area contributed by atoms with E-state index in [1.54, 1.807) is 12.1 Å². The van der Waals surface area contributed by atoms with Gasteiger partial charge in [0, 0.05) is 6.42 Å². The predicted molar refractivity (Wildman–Crippen MR) is 51.8 cm³/mol. The summed E-state index contributed by atoms with van der Waals surface area (Å²) < 4.78 is 0. The summed E-state index contributed by atoms with van der Waals surface area (Å²) in [6, 6.07) is 3.74. The number of carboxylic acid groups (broad SMARTS) is 1. The van der Waals surface area contributed by atoms with Crippen molar-refractivity contribution in [1.82, 2.24) is 0 Å². The van der Waals surface area contributed by atoms with Gasteiger partial charge in [-0.2, -0.15) is 0 Å². The number of nitrogen functional groups attached to an aromatic ring is 1. The smallest absolute Gasteiger partial charge is 0.320 e. The molecular formula is C9H12N2O3. The Morgan fingerprint density at radius 3 is 2.71 bits per heavy atom. The number of hydrogen-bond donors (Lipinski definition) is 4. The molecule has 5 nitrogen and oxygen atoms in total. The average molecular weight is 196 g/mol. The fourth-order valence-electron chi connectivity index (χ4n) is 1.10. The summed E-state index contributed by atoms with van der Waals surface area (Å²) in [4.78, 5) is 10.5. The molecule has 76 valence electrons. The Balaban J connectivity index is 2.87. The normalized spacial score (nSPS) is 12.4. The van der Waals surface area contributed by atoms with Gasteiger partial charge in [-0.25, -0.2) is 0 Å². The first-order valence-electron chi connectivity index (χ1n) is 4.07. The topological polar surface area (TPSA) is 110 Å². The van der Waals surface area contributed by atoms with Crippen LogP contribution >= 0.6 is 0 Å². The van der Waals surface area contributed by atoms with Crippen LogP contribution in [0.2, 0.25) is 0 Å². The highest BCUT2D eigenvalue weighted by atomic mass is 16.4. The predicted octanol–water partition coefficient (Wildman–Crippen LogP) is -0.0712. The highest BCUT2D eigenvalue weighted by Gasteiger charge is 2.14. The van der Waals surface area contributed by atoms with Gasteiger partial charge >= 0.3 is 5.97 Å². The van der Waals surface area contributed by atoms with Crippen molar-refractivity contribution in [3.63, 3.8) is 0 Å². The monoisotopic (exact) mass is 196 g/mol. The molecule has 14 heavy (non-hydrogen) atoms. The molecule has 0 bridgehead atoms. The summed E-state index contributed by atoms with van der Waals surface area (Å²) in [5.74, 6) is -1.20. The Morgan fingerprint density at radius 1 is 1.50 bits per heavy atom. The molecule has 0 aliphatic carbocycles. The van der Waals surface area contributed by atoms with E-state index in [4.69, 9.17) is 16.6 Å². The molecule has 1 aromatic rings. The van der Waals surface area contributed by atoms with Gasteiger partial charge in [-0.05, 0) is 11.6 Å². The molecule has 0 saturated heterocycles. The molecule has 6 N–H and O–H groups in total. The largest absolute Gasteiger partial charge is 0.506 e. The Kier molecular flexibility index (Phi) is 2.93. The maximum Gasteiger partial charge on any atom is 0.320 e. The number of aliphatic carboxylic acids is 1. The summed E-state index contributed by atoms with van der Waals surface area (Å²) >= 11 is 0. The van der Waals surface area contributed by atoms with E-state index in [1.165, 1.54) is 6.07 Å². The second-order valence-corrected chi connectivity index (χ2v) is 3.00. The number of carbonyl (C=O) groups is 1. The molecule has 5 heteroatoms. The van der Waals surface area contributed by atoms with Crippen molar-refractivity contribution < 1.29 is 15.0 Å². The van der Waals surface area contributed by atoms with Gasteiger partial charge in [-0.15, -0.1) is 0 Å². The van der Waals surface area contributed by atoms with Gasteiger partial charge in [-0.3, -0.25) is 4.79 Å². The molecule has 0 amide bonds. The molecule has 1 rings (SSSR count). The summed E-state index contributed by atoms with van der Waals surface area (Å²) in [5.41, 5.74) is 11.4. The van der Waals surface area contributed by atoms with E-state index in [1.807, 2.05) is 0 Å². The number of phenolic OH excluding ortho intramolecular Hbond substituents is 1.